The molecule has 2 rings (SSSR count). The summed E-state index contributed by atoms with van der Waals surface area (Å²) in [6.07, 6.45) is -4.11. The lowest BCUT2D eigenvalue weighted by molar-refractivity contribution is -0.290. The van der Waals surface area contributed by atoms with Crippen LogP contribution < -0.4 is 5.73 Å². The van der Waals surface area contributed by atoms with Crippen molar-refractivity contribution in [3.63, 3.8) is 0 Å². The molecule has 19 heavy (non-hydrogen) atoms. The van der Waals surface area contributed by atoms with E-state index in [2.05, 4.69) is 4.98 Å². The molecule has 1 heterocycles. The fourth-order valence-corrected chi connectivity index (χ4v) is 1.65. The highest BCUT2D eigenvalue weighted by atomic mass is 35.5. The van der Waals surface area contributed by atoms with E-state index in [4.69, 9.17) is 5.73 Å². The van der Waals surface area contributed by atoms with Crippen molar-refractivity contribution in [2.24, 2.45) is 5.73 Å². The fraction of sp³-hybridized carbons (Fsp3) is 0.273. The Morgan fingerprint density at radius 2 is 1.68 bits per heavy atom. The van der Waals surface area contributed by atoms with Gasteiger partial charge in [-0.15, -0.1) is 12.4 Å². The van der Waals surface area contributed by atoms with Crippen molar-refractivity contribution < 1.29 is 22.0 Å². The van der Waals surface area contributed by atoms with E-state index in [1.165, 1.54) is 12.1 Å². The molecule has 8 heteroatoms. The van der Waals surface area contributed by atoms with Crippen LogP contribution in [0.2, 0.25) is 0 Å². The quantitative estimate of drug-likeness (QED) is 0.814. The highest BCUT2D eigenvalue weighted by Gasteiger charge is 2.61. The monoisotopic (exact) mass is 300 g/mol. The van der Waals surface area contributed by atoms with Gasteiger partial charge < -0.3 is 10.7 Å². The smallest absolute Gasteiger partial charge is 0.361 e. The van der Waals surface area contributed by atoms with Gasteiger partial charge in [0.05, 0.1) is 0 Å². The summed E-state index contributed by atoms with van der Waals surface area (Å²) < 4.78 is 62.7. The van der Waals surface area contributed by atoms with Crippen LogP contribution in [-0.2, 0) is 0 Å². The van der Waals surface area contributed by atoms with Crippen molar-refractivity contribution >= 4 is 23.3 Å². The first-order valence-electron chi connectivity index (χ1n) is 5.00. The Hall–Kier alpha value is -1.34. The van der Waals surface area contributed by atoms with Crippen LogP contribution in [0.15, 0.2) is 30.5 Å². The first-order chi connectivity index (χ1) is 8.23. The Morgan fingerprint density at radius 3 is 2.26 bits per heavy atom. The van der Waals surface area contributed by atoms with Crippen LogP contribution in [0.4, 0.5) is 22.0 Å². The lowest BCUT2D eigenvalue weighted by atomic mass is 10.00. The van der Waals surface area contributed by atoms with Crippen molar-refractivity contribution in [1.29, 1.82) is 0 Å². The molecule has 106 valence electrons. The summed E-state index contributed by atoms with van der Waals surface area (Å²) in [7, 11) is 0. The zero-order chi connectivity index (χ0) is 13.6. The molecule has 1 atom stereocenters. The van der Waals surface area contributed by atoms with Crippen LogP contribution in [0.5, 0.6) is 0 Å². The number of hydrogen-bond acceptors (Lipinski definition) is 1. The van der Waals surface area contributed by atoms with E-state index in [0.717, 1.165) is 6.07 Å². The van der Waals surface area contributed by atoms with Gasteiger partial charge in [0.25, 0.3) is 0 Å². The zero-order valence-electron chi connectivity index (χ0n) is 9.34. The lowest BCUT2D eigenvalue weighted by Crippen LogP contribution is -2.45. The first kappa shape index (κ1) is 15.7. The molecule has 0 aliphatic heterocycles. The SMILES string of the molecule is Cl.N[C@H](c1ccc2[nH]ccc2c1)C(F)(F)C(F)(F)F. The third kappa shape index (κ3) is 2.66. The standard InChI is InChI=1S/C11H9F5N2.ClH/c12-10(13,11(14,15)16)9(17)7-1-2-8-6(5-7)3-4-18-8;/h1-5,9,18H,17H2;1H/t9-;/m1./s1. The molecule has 0 saturated carbocycles. The summed E-state index contributed by atoms with van der Waals surface area (Å²) in [5, 5.41) is 0.529. The number of alkyl halides is 5. The Bertz CT molecular complexity index is 563. The predicted molar refractivity (Wildman–Crippen MR) is 63.5 cm³/mol. The summed E-state index contributed by atoms with van der Waals surface area (Å²) in [4.78, 5) is 2.80. The second-order valence-electron chi connectivity index (χ2n) is 3.92. The van der Waals surface area contributed by atoms with Gasteiger partial charge in [0.1, 0.15) is 6.04 Å². The number of nitrogens with two attached hydrogens (primary N) is 1. The molecule has 0 aliphatic carbocycles. The van der Waals surface area contributed by atoms with E-state index >= 15 is 0 Å². The van der Waals surface area contributed by atoms with E-state index in [0.29, 0.717) is 10.9 Å². The van der Waals surface area contributed by atoms with E-state index in [1.54, 1.807) is 12.3 Å². The number of halogens is 6. The molecule has 0 fully saturated rings. The van der Waals surface area contributed by atoms with Crippen LogP contribution >= 0.6 is 12.4 Å². The molecular formula is C11H10ClF5N2. The second-order valence-corrected chi connectivity index (χ2v) is 3.92. The molecule has 0 bridgehead atoms. The van der Waals surface area contributed by atoms with Gasteiger partial charge in [-0.25, -0.2) is 0 Å². The summed E-state index contributed by atoms with van der Waals surface area (Å²) in [6.45, 7) is 0. The highest BCUT2D eigenvalue weighted by Crippen LogP contribution is 2.43. The summed E-state index contributed by atoms with van der Waals surface area (Å²) in [5.74, 6) is -4.96. The minimum Gasteiger partial charge on any atom is -0.361 e. The molecule has 0 radical (unpaired) electrons. The molecule has 0 spiro atoms. The van der Waals surface area contributed by atoms with E-state index < -0.39 is 18.1 Å². The van der Waals surface area contributed by atoms with Crippen molar-refractivity contribution in [2.75, 3.05) is 0 Å². The van der Waals surface area contributed by atoms with Crippen molar-refractivity contribution in [2.45, 2.75) is 18.1 Å². The minimum absolute atomic E-state index is 0. The van der Waals surface area contributed by atoms with E-state index in [9.17, 15) is 22.0 Å². The van der Waals surface area contributed by atoms with Crippen molar-refractivity contribution in [3.8, 4) is 0 Å². The van der Waals surface area contributed by atoms with Gasteiger partial charge in [-0.1, -0.05) is 6.07 Å². The van der Waals surface area contributed by atoms with Gasteiger partial charge >= 0.3 is 12.1 Å². The van der Waals surface area contributed by atoms with Gasteiger partial charge in [0, 0.05) is 11.7 Å². The largest absolute Gasteiger partial charge is 0.455 e. The van der Waals surface area contributed by atoms with Crippen molar-refractivity contribution in [3.05, 3.63) is 36.0 Å². The van der Waals surface area contributed by atoms with E-state index in [1.807, 2.05) is 0 Å². The van der Waals surface area contributed by atoms with Gasteiger partial charge in [0.15, 0.2) is 0 Å². The fourth-order valence-electron chi connectivity index (χ4n) is 1.65. The Morgan fingerprint density at radius 1 is 1.05 bits per heavy atom. The molecule has 3 N–H and O–H groups in total. The predicted octanol–water partition coefficient (Wildman–Crippen LogP) is 3.79. The van der Waals surface area contributed by atoms with Crippen LogP contribution in [0, 0.1) is 0 Å². The molecule has 0 unspecified atom stereocenters. The molecule has 0 aliphatic rings. The zero-order valence-corrected chi connectivity index (χ0v) is 10.2. The average Bonchev–Trinajstić information content (AvgIpc) is 2.73. The molecule has 0 saturated heterocycles. The average molecular weight is 301 g/mol. The molecule has 2 nitrogen and oxygen atoms in total. The number of nitrogens with one attached hydrogen (secondary N) is 1. The van der Waals surface area contributed by atoms with Gasteiger partial charge in [0.2, 0.25) is 0 Å². The number of fused-ring (bicyclic) bond motifs is 1. The third-order valence-corrected chi connectivity index (χ3v) is 2.71. The number of hydrogen-bond donors (Lipinski definition) is 2. The minimum atomic E-state index is -5.67. The lowest BCUT2D eigenvalue weighted by Gasteiger charge is -2.25. The number of rotatable bonds is 2. The van der Waals surface area contributed by atoms with Crippen LogP contribution in [0.3, 0.4) is 0 Å². The molecule has 0 amide bonds. The maximum atomic E-state index is 13.1. The maximum absolute atomic E-state index is 13.1. The van der Waals surface area contributed by atoms with E-state index in [-0.39, 0.29) is 18.0 Å². The highest BCUT2D eigenvalue weighted by molar-refractivity contribution is 5.85. The number of aromatic amines is 1. The van der Waals surface area contributed by atoms with Crippen molar-refractivity contribution in [1.82, 2.24) is 4.98 Å². The number of aromatic nitrogens is 1. The van der Waals surface area contributed by atoms with Gasteiger partial charge in [-0.2, -0.15) is 22.0 Å². The topological polar surface area (TPSA) is 41.8 Å². The Kier molecular flexibility index (Phi) is 4.11. The molecule has 1 aromatic heterocycles. The summed E-state index contributed by atoms with van der Waals surface area (Å²) in [6, 6.07) is 2.94. The Balaban J connectivity index is 0.00000180. The van der Waals surface area contributed by atoms with Crippen LogP contribution in [0.1, 0.15) is 11.6 Å². The Labute approximate surface area is 111 Å². The van der Waals surface area contributed by atoms with Gasteiger partial charge in [-0.3, -0.25) is 0 Å². The second kappa shape index (κ2) is 4.97. The summed E-state index contributed by atoms with van der Waals surface area (Å²) >= 11 is 0. The normalized spacial score (nSPS) is 14.2. The van der Waals surface area contributed by atoms with Gasteiger partial charge in [-0.05, 0) is 29.1 Å². The third-order valence-electron chi connectivity index (χ3n) is 2.71. The number of H-pyrrole nitrogens is 1. The first-order valence-corrected chi connectivity index (χ1v) is 5.00. The molecule has 2 aromatic rings. The van der Waals surface area contributed by atoms with Crippen LogP contribution in [-0.4, -0.2) is 17.1 Å². The number of benzene rings is 1. The van der Waals surface area contributed by atoms with Crippen LogP contribution in [0.25, 0.3) is 10.9 Å². The maximum Gasteiger partial charge on any atom is 0.455 e. The summed E-state index contributed by atoms with van der Waals surface area (Å²) in [5.41, 5.74) is 5.42. The molecular weight excluding hydrogens is 291 g/mol. The molecule has 1 aromatic carbocycles.